The van der Waals surface area contributed by atoms with Crippen LogP contribution in [0.4, 0.5) is 13.2 Å². The molecule has 0 amide bonds. The minimum Gasteiger partial charge on any atom is -0.394 e. The lowest BCUT2D eigenvalue weighted by atomic mass is 9.91. The van der Waals surface area contributed by atoms with Crippen LogP contribution in [0.5, 0.6) is 0 Å². The Kier molecular flexibility index (Phi) is 11.3. The van der Waals surface area contributed by atoms with Crippen LogP contribution in [0.2, 0.25) is 0 Å². The molecule has 1 aromatic heterocycles. The highest BCUT2D eigenvalue weighted by molar-refractivity contribution is 5.64. The lowest BCUT2D eigenvalue weighted by molar-refractivity contribution is -0.231. The molecule has 46 heavy (non-hydrogen) atoms. The van der Waals surface area contributed by atoms with Crippen molar-refractivity contribution < 1.29 is 32.9 Å². The molecule has 0 bridgehead atoms. The van der Waals surface area contributed by atoms with Gasteiger partial charge in [-0.2, -0.15) is 0 Å². The Morgan fingerprint density at radius 3 is 2.52 bits per heavy atom. The lowest BCUT2D eigenvalue weighted by Gasteiger charge is -2.46. The van der Waals surface area contributed by atoms with Crippen molar-refractivity contribution in [2.75, 3.05) is 13.2 Å². The molecule has 0 radical (unpaired) electrons. The average molecular weight is 641 g/mol. The molecule has 10 nitrogen and oxygen atoms in total. The van der Waals surface area contributed by atoms with Gasteiger partial charge in [0, 0.05) is 18.4 Å². The highest BCUT2D eigenvalue weighted by atomic mass is 19.2. The summed E-state index contributed by atoms with van der Waals surface area (Å²) in [6.07, 6.45) is 8.36. The quantitative estimate of drug-likeness (QED) is 0.106. The third-order valence-corrected chi connectivity index (χ3v) is 8.18. The van der Waals surface area contributed by atoms with Crippen LogP contribution in [-0.4, -0.2) is 67.6 Å². The number of aliphatic hydroxyl groups excluding tert-OH is 2. The second-order valence-corrected chi connectivity index (χ2v) is 11.2. The van der Waals surface area contributed by atoms with Crippen LogP contribution in [-0.2, 0) is 9.47 Å². The van der Waals surface area contributed by atoms with Crippen molar-refractivity contribution in [3.63, 3.8) is 0 Å². The summed E-state index contributed by atoms with van der Waals surface area (Å²) in [5, 5.41) is 31.8. The number of rotatable bonds is 15. The second kappa shape index (κ2) is 15.5. The number of benzene rings is 2. The molecule has 5 atom stereocenters. The molecule has 0 saturated carbocycles. The maximum Gasteiger partial charge on any atom is 0.194 e. The molecule has 5 rings (SSSR count). The number of unbranched alkanes of at least 4 members (excludes halogenated alkanes) is 5. The number of nitrogens with one attached hydrogen (secondary N) is 2. The molecular formula is C33H39F3N6O4. The summed E-state index contributed by atoms with van der Waals surface area (Å²) >= 11 is 0. The minimum absolute atomic E-state index is 0.0397. The van der Waals surface area contributed by atoms with Crippen molar-refractivity contribution in [3.05, 3.63) is 103 Å². The predicted octanol–water partition coefficient (Wildman–Crippen LogP) is 4.72. The van der Waals surface area contributed by atoms with Gasteiger partial charge in [-0.1, -0.05) is 56.2 Å². The number of hydrazine groups is 2. The molecule has 0 spiro atoms. The Morgan fingerprint density at radius 2 is 1.78 bits per heavy atom. The number of ether oxygens (including phenoxy) is 2. The zero-order valence-corrected chi connectivity index (χ0v) is 25.4. The fraction of sp³-hybridized carbons (Fsp3) is 0.394. The van der Waals surface area contributed by atoms with Crippen LogP contribution in [0.15, 0.2) is 68.2 Å². The van der Waals surface area contributed by atoms with Crippen LogP contribution in [0.1, 0.15) is 61.6 Å². The standard InChI is InChI=1S/C33H39F3N6O4/c1-3-5-6-7-8-9-12-15-45-31-29(42-18-25(38-40-42)22-16-23(34)28(36)24(35)17-22)30(44)27(19-43)46-32(31)33-39-37-20-41(33)26-14-11-10-13-21(26)4-2/h3-4,10-11,13-14,16-18,20,27,29-32,38,40,43-44H,1-2,5-9,12,15,19H2/t27-,29+,30+,31-,32-/m1/s1. The molecule has 0 aliphatic carbocycles. The van der Waals surface area contributed by atoms with E-state index in [0.717, 1.165) is 61.9 Å². The van der Waals surface area contributed by atoms with Crippen molar-refractivity contribution in [1.29, 1.82) is 0 Å². The van der Waals surface area contributed by atoms with Gasteiger partial charge in [0.05, 0.1) is 18.0 Å². The van der Waals surface area contributed by atoms with E-state index in [1.807, 2.05) is 30.3 Å². The van der Waals surface area contributed by atoms with Gasteiger partial charge in [-0.3, -0.25) is 9.58 Å². The Morgan fingerprint density at radius 1 is 1.04 bits per heavy atom. The van der Waals surface area contributed by atoms with E-state index in [1.54, 1.807) is 17.0 Å². The summed E-state index contributed by atoms with van der Waals surface area (Å²) in [4.78, 5) is 0. The molecule has 1 fully saturated rings. The number of allylic oxidation sites excluding steroid dienone is 1. The molecule has 3 heterocycles. The van der Waals surface area contributed by atoms with E-state index in [0.29, 0.717) is 12.4 Å². The van der Waals surface area contributed by atoms with E-state index in [4.69, 9.17) is 9.47 Å². The van der Waals surface area contributed by atoms with Crippen molar-refractivity contribution in [3.8, 4) is 5.69 Å². The molecule has 3 aromatic rings. The molecule has 2 aliphatic rings. The second-order valence-electron chi connectivity index (χ2n) is 11.2. The number of aromatic nitrogens is 3. The summed E-state index contributed by atoms with van der Waals surface area (Å²) in [6, 6.07) is 8.36. The highest BCUT2D eigenvalue weighted by Crippen LogP contribution is 2.38. The van der Waals surface area contributed by atoms with E-state index >= 15 is 0 Å². The lowest BCUT2D eigenvalue weighted by Crippen LogP contribution is -2.64. The first kappa shape index (κ1) is 33.4. The summed E-state index contributed by atoms with van der Waals surface area (Å²) in [6.45, 7) is 7.49. The van der Waals surface area contributed by atoms with Gasteiger partial charge < -0.3 is 25.1 Å². The zero-order valence-electron chi connectivity index (χ0n) is 25.4. The van der Waals surface area contributed by atoms with Crippen molar-refractivity contribution >= 4 is 11.8 Å². The third-order valence-electron chi connectivity index (χ3n) is 8.18. The smallest absolute Gasteiger partial charge is 0.194 e. The highest BCUT2D eigenvalue weighted by Gasteiger charge is 2.51. The Balaban J connectivity index is 1.48. The summed E-state index contributed by atoms with van der Waals surface area (Å²) in [5.41, 5.74) is 7.55. The van der Waals surface area contributed by atoms with Gasteiger partial charge in [0.2, 0.25) is 0 Å². The minimum atomic E-state index is -1.57. The molecular weight excluding hydrogens is 601 g/mol. The fourth-order valence-corrected chi connectivity index (χ4v) is 5.80. The molecule has 4 N–H and O–H groups in total. The topological polar surface area (TPSA) is 117 Å². The fourth-order valence-electron chi connectivity index (χ4n) is 5.80. The summed E-state index contributed by atoms with van der Waals surface area (Å²) in [7, 11) is 0. The molecule has 246 valence electrons. The summed E-state index contributed by atoms with van der Waals surface area (Å²) in [5.74, 6) is -3.88. The molecule has 2 aromatic carbocycles. The van der Waals surface area contributed by atoms with Gasteiger partial charge in [-0.25, -0.2) is 13.2 Å². The van der Waals surface area contributed by atoms with E-state index < -0.39 is 54.5 Å². The maximum atomic E-state index is 14.1. The van der Waals surface area contributed by atoms with Gasteiger partial charge in [0.1, 0.15) is 36.8 Å². The number of halogens is 3. The number of aliphatic hydroxyl groups is 2. The van der Waals surface area contributed by atoms with Crippen LogP contribution in [0.25, 0.3) is 17.5 Å². The maximum absolute atomic E-state index is 14.1. The van der Waals surface area contributed by atoms with Crippen molar-refractivity contribution in [2.45, 2.75) is 69.0 Å². The summed E-state index contributed by atoms with van der Waals surface area (Å²) < 4.78 is 56.3. The SMILES string of the molecule is C=CCCCCCCCO[C@@H]1[C@@H](N2C=C(c3cc(F)c(F)c(F)c3)NN2)[C@@H](O)[C@@H](CO)O[C@H]1c1nncn1-c1ccccc1C=C. The molecule has 0 unspecified atom stereocenters. The monoisotopic (exact) mass is 640 g/mol. The first-order valence-corrected chi connectivity index (χ1v) is 15.3. The van der Waals surface area contributed by atoms with Gasteiger partial charge in [-0.15, -0.1) is 22.3 Å². The van der Waals surface area contributed by atoms with E-state index in [1.165, 1.54) is 11.2 Å². The number of hydrogen-bond donors (Lipinski definition) is 4. The number of para-hydroxylation sites is 1. The Hall–Kier alpha value is -4.01. The Labute approximate surface area is 265 Å². The van der Waals surface area contributed by atoms with Crippen LogP contribution in [0.3, 0.4) is 0 Å². The van der Waals surface area contributed by atoms with Crippen molar-refractivity contribution in [2.24, 2.45) is 0 Å². The predicted molar refractivity (Wildman–Crippen MR) is 166 cm³/mol. The molecule has 1 saturated heterocycles. The van der Waals surface area contributed by atoms with Crippen molar-refractivity contribution in [1.82, 2.24) is 30.7 Å². The van der Waals surface area contributed by atoms with Gasteiger partial charge in [-0.05, 0) is 43.0 Å². The third kappa shape index (κ3) is 7.18. The van der Waals surface area contributed by atoms with E-state index in [2.05, 4.69) is 34.3 Å². The van der Waals surface area contributed by atoms with E-state index in [9.17, 15) is 23.4 Å². The van der Waals surface area contributed by atoms with Crippen LogP contribution >= 0.6 is 0 Å². The zero-order chi connectivity index (χ0) is 32.6. The van der Waals surface area contributed by atoms with E-state index in [-0.39, 0.29) is 11.3 Å². The Bertz CT molecular complexity index is 1510. The van der Waals surface area contributed by atoms with Gasteiger partial charge >= 0.3 is 0 Å². The average Bonchev–Trinajstić information content (AvgIpc) is 3.75. The van der Waals surface area contributed by atoms with Gasteiger partial charge in [0.15, 0.2) is 23.3 Å². The first-order chi connectivity index (χ1) is 22.4. The van der Waals surface area contributed by atoms with Gasteiger partial charge in [0.25, 0.3) is 0 Å². The molecule has 13 heteroatoms. The number of nitrogens with zero attached hydrogens (tertiary/aromatic N) is 4. The first-order valence-electron chi connectivity index (χ1n) is 15.3. The van der Waals surface area contributed by atoms with Crippen LogP contribution < -0.4 is 11.0 Å². The van der Waals surface area contributed by atoms with Crippen LogP contribution in [0, 0.1) is 17.5 Å². The normalized spacial score (nSPS) is 22.8. The largest absolute Gasteiger partial charge is 0.394 e. The molecule has 2 aliphatic heterocycles. The number of hydrogen-bond acceptors (Lipinski definition) is 9.